The lowest BCUT2D eigenvalue weighted by Crippen LogP contribution is -2.20. The van der Waals surface area contributed by atoms with Crippen molar-refractivity contribution >= 4 is 56.0 Å². The Balaban J connectivity index is 1.18. The fraction of sp³-hybridized carbons (Fsp3) is 0.0968. The summed E-state index contributed by atoms with van der Waals surface area (Å²) >= 11 is 5.95. The summed E-state index contributed by atoms with van der Waals surface area (Å²) < 4.78 is 13.7. The number of amides is 1. The van der Waals surface area contributed by atoms with E-state index < -0.39 is 0 Å². The van der Waals surface area contributed by atoms with Gasteiger partial charge in [-0.2, -0.15) is 0 Å². The maximum absolute atomic E-state index is 13.0. The van der Waals surface area contributed by atoms with Crippen LogP contribution in [0.5, 0.6) is 5.75 Å². The average Bonchev–Trinajstić information content (AvgIpc) is 3.25. The molecule has 0 spiro atoms. The molecule has 38 heavy (non-hydrogen) atoms. The summed E-state index contributed by atoms with van der Waals surface area (Å²) in [6.45, 7) is 2.79. The van der Waals surface area contributed by atoms with Crippen molar-refractivity contribution in [2.45, 2.75) is 13.5 Å². The quantitative estimate of drug-likeness (QED) is 0.250. The number of anilines is 1. The van der Waals surface area contributed by atoms with Crippen molar-refractivity contribution in [1.29, 1.82) is 0 Å². The van der Waals surface area contributed by atoms with Crippen LogP contribution in [0.2, 0.25) is 5.02 Å². The van der Waals surface area contributed by atoms with Crippen LogP contribution in [0.4, 0.5) is 5.69 Å². The first kappa shape index (κ1) is 23.8. The molecule has 0 unspecified atom stereocenters. The van der Waals surface area contributed by atoms with E-state index in [1.165, 1.54) is 11.8 Å². The Morgan fingerprint density at radius 1 is 0.921 bits per heavy atom. The molecule has 7 heteroatoms. The van der Waals surface area contributed by atoms with Gasteiger partial charge in [-0.15, -0.1) is 0 Å². The van der Waals surface area contributed by atoms with E-state index in [2.05, 4.69) is 28.9 Å². The van der Waals surface area contributed by atoms with Crippen LogP contribution in [0.3, 0.4) is 0 Å². The summed E-state index contributed by atoms with van der Waals surface area (Å²) in [4.78, 5) is 25.7. The molecule has 0 bridgehead atoms. The van der Waals surface area contributed by atoms with Gasteiger partial charge in [0.15, 0.2) is 12.0 Å². The van der Waals surface area contributed by atoms with Crippen molar-refractivity contribution in [3.8, 4) is 16.9 Å². The minimum Gasteiger partial charge on any atom is -0.484 e. The second kappa shape index (κ2) is 9.72. The number of hydrogen-bond donors (Lipinski definition) is 1. The maximum Gasteiger partial charge on any atom is 0.262 e. The average molecular weight is 523 g/mol. The molecule has 2 aromatic heterocycles. The fourth-order valence-corrected chi connectivity index (χ4v) is 4.97. The van der Waals surface area contributed by atoms with Crippen molar-refractivity contribution in [2.24, 2.45) is 0 Å². The molecule has 6 aromatic rings. The molecule has 0 aliphatic carbocycles. The molecule has 0 saturated heterocycles. The van der Waals surface area contributed by atoms with Crippen molar-refractivity contribution in [1.82, 2.24) is 4.57 Å². The van der Waals surface area contributed by atoms with Gasteiger partial charge in [-0.3, -0.25) is 9.59 Å². The van der Waals surface area contributed by atoms with Gasteiger partial charge in [0.2, 0.25) is 0 Å². The van der Waals surface area contributed by atoms with Crippen molar-refractivity contribution in [3.05, 3.63) is 106 Å². The van der Waals surface area contributed by atoms with Gasteiger partial charge in [-0.1, -0.05) is 41.9 Å². The van der Waals surface area contributed by atoms with Crippen LogP contribution in [0.25, 0.3) is 43.9 Å². The van der Waals surface area contributed by atoms with Crippen molar-refractivity contribution < 1.29 is 13.9 Å². The molecule has 188 valence electrons. The SMILES string of the molecule is CCn1c2ccccc2c2cc(NC(=O)COc3ccc4c(=O)c(-c5ccc(Cl)cc5)coc4c3)ccc21. The summed E-state index contributed by atoms with van der Waals surface area (Å²) in [7, 11) is 0. The number of para-hydroxylation sites is 1. The van der Waals surface area contributed by atoms with Gasteiger partial charge in [0, 0.05) is 45.1 Å². The zero-order chi connectivity index (χ0) is 26.2. The van der Waals surface area contributed by atoms with E-state index in [1.807, 2.05) is 30.3 Å². The highest BCUT2D eigenvalue weighted by atomic mass is 35.5. The van der Waals surface area contributed by atoms with Gasteiger partial charge < -0.3 is 19.0 Å². The summed E-state index contributed by atoms with van der Waals surface area (Å²) in [5.41, 5.74) is 4.38. The number of hydrogen-bond acceptors (Lipinski definition) is 4. The minimum absolute atomic E-state index is 0.155. The van der Waals surface area contributed by atoms with Gasteiger partial charge in [0.25, 0.3) is 5.91 Å². The molecule has 0 atom stereocenters. The van der Waals surface area contributed by atoms with E-state index >= 15 is 0 Å². The van der Waals surface area contributed by atoms with E-state index in [9.17, 15) is 9.59 Å². The van der Waals surface area contributed by atoms with Crippen LogP contribution >= 0.6 is 11.6 Å². The molecule has 0 radical (unpaired) electrons. The molecule has 0 aliphatic heterocycles. The largest absolute Gasteiger partial charge is 0.484 e. The Bertz CT molecular complexity index is 1890. The number of halogens is 1. The fourth-order valence-electron chi connectivity index (χ4n) is 4.85. The van der Waals surface area contributed by atoms with Gasteiger partial charge in [0.05, 0.1) is 10.9 Å². The van der Waals surface area contributed by atoms with Crippen LogP contribution in [0.1, 0.15) is 6.92 Å². The van der Waals surface area contributed by atoms with Gasteiger partial charge in [-0.25, -0.2) is 0 Å². The molecule has 0 aliphatic rings. The molecule has 1 N–H and O–H groups in total. The van der Waals surface area contributed by atoms with Crippen LogP contribution in [-0.4, -0.2) is 17.1 Å². The van der Waals surface area contributed by atoms with E-state index in [1.54, 1.807) is 42.5 Å². The number of aromatic nitrogens is 1. The van der Waals surface area contributed by atoms with Crippen LogP contribution in [0.15, 0.2) is 100 Å². The predicted molar refractivity (Wildman–Crippen MR) is 152 cm³/mol. The predicted octanol–water partition coefficient (Wildman–Crippen LogP) is 7.26. The third-order valence-electron chi connectivity index (χ3n) is 6.64. The van der Waals surface area contributed by atoms with Gasteiger partial charge in [-0.05, 0) is 61.0 Å². The summed E-state index contributed by atoms with van der Waals surface area (Å²) in [6, 6.07) is 26.1. The van der Waals surface area contributed by atoms with Crippen molar-refractivity contribution in [2.75, 3.05) is 11.9 Å². The first-order chi connectivity index (χ1) is 18.5. The first-order valence-corrected chi connectivity index (χ1v) is 12.6. The Morgan fingerprint density at radius 3 is 2.53 bits per heavy atom. The molecule has 2 heterocycles. The normalized spacial score (nSPS) is 11.3. The molecule has 1 amide bonds. The van der Waals surface area contributed by atoms with E-state index in [0.717, 1.165) is 28.4 Å². The van der Waals surface area contributed by atoms with E-state index in [4.69, 9.17) is 20.8 Å². The van der Waals surface area contributed by atoms with E-state index in [-0.39, 0.29) is 17.9 Å². The highest BCUT2D eigenvalue weighted by Crippen LogP contribution is 2.31. The molecular weight excluding hydrogens is 500 g/mol. The number of fused-ring (bicyclic) bond motifs is 4. The minimum atomic E-state index is -0.289. The topological polar surface area (TPSA) is 73.5 Å². The summed E-state index contributed by atoms with van der Waals surface area (Å²) in [5.74, 6) is 0.139. The number of nitrogens with zero attached hydrogens (tertiary/aromatic N) is 1. The number of carbonyl (C=O) groups excluding carboxylic acids is 1. The van der Waals surface area contributed by atoms with E-state index in [0.29, 0.717) is 33.0 Å². The zero-order valence-electron chi connectivity index (χ0n) is 20.5. The lowest BCUT2D eigenvalue weighted by Gasteiger charge is -2.09. The summed E-state index contributed by atoms with van der Waals surface area (Å²) in [5, 5.41) is 6.17. The zero-order valence-corrected chi connectivity index (χ0v) is 21.3. The number of aryl methyl sites for hydroxylation is 1. The van der Waals surface area contributed by atoms with Crippen molar-refractivity contribution in [3.63, 3.8) is 0 Å². The molecule has 0 saturated carbocycles. The molecular formula is C31H23ClN2O4. The second-order valence-electron chi connectivity index (χ2n) is 8.97. The Hall–Kier alpha value is -4.55. The highest BCUT2D eigenvalue weighted by molar-refractivity contribution is 6.30. The Labute approximate surface area is 223 Å². The first-order valence-electron chi connectivity index (χ1n) is 12.3. The standard InChI is InChI=1S/C31H23ClN2O4/c1-2-34-27-6-4-3-5-23(27)25-15-21(11-14-28(25)34)33-30(35)18-37-22-12-13-24-29(16-22)38-17-26(31(24)36)19-7-9-20(32)10-8-19/h3-17H,2,18H2,1H3,(H,33,35). The Morgan fingerprint density at radius 2 is 1.71 bits per heavy atom. The number of benzene rings is 4. The molecule has 6 rings (SSSR count). The summed E-state index contributed by atoms with van der Waals surface area (Å²) in [6.07, 6.45) is 1.43. The number of carbonyl (C=O) groups is 1. The lowest BCUT2D eigenvalue weighted by atomic mass is 10.1. The van der Waals surface area contributed by atoms with Gasteiger partial charge in [0.1, 0.15) is 17.6 Å². The smallest absolute Gasteiger partial charge is 0.262 e. The number of nitrogens with one attached hydrogen (secondary N) is 1. The highest BCUT2D eigenvalue weighted by Gasteiger charge is 2.13. The lowest BCUT2D eigenvalue weighted by molar-refractivity contribution is -0.118. The molecule has 4 aromatic carbocycles. The van der Waals surface area contributed by atoms with Gasteiger partial charge >= 0.3 is 0 Å². The Kier molecular flexibility index (Phi) is 6.10. The monoisotopic (exact) mass is 522 g/mol. The third kappa shape index (κ3) is 4.29. The maximum atomic E-state index is 13.0. The van der Waals surface area contributed by atoms with Crippen LogP contribution in [-0.2, 0) is 11.3 Å². The molecule has 0 fully saturated rings. The molecule has 6 nitrogen and oxygen atoms in total. The van der Waals surface area contributed by atoms with Crippen LogP contribution in [0, 0.1) is 0 Å². The second-order valence-corrected chi connectivity index (χ2v) is 9.41. The third-order valence-corrected chi connectivity index (χ3v) is 6.90. The van der Waals surface area contributed by atoms with Crippen LogP contribution < -0.4 is 15.5 Å². The number of ether oxygens (including phenoxy) is 1. The number of rotatable bonds is 6.